The molecule has 0 unspecified atom stereocenters. The number of nitrogens with zero attached hydrogens (tertiary/aromatic N) is 7. The molecule has 3 aromatic heterocycles. The fourth-order valence-corrected chi connectivity index (χ4v) is 5.34. The van der Waals surface area contributed by atoms with Crippen LogP contribution in [0.1, 0.15) is 52.7 Å². The van der Waals surface area contributed by atoms with E-state index in [4.69, 9.17) is 26.4 Å². The molecule has 0 amide bonds. The Labute approximate surface area is 200 Å². The van der Waals surface area contributed by atoms with Crippen molar-refractivity contribution in [1.29, 1.82) is 0 Å². The van der Waals surface area contributed by atoms with Gasteiger partial charge in [0.05, 0.1) is 31.3 Å². The second kappa shape index (κ2) is 10.6. The van der Waals surface area contributed by atoms with Crippen LogP contribution in [0.25, 0.3) is 11.2 Å². The molecule has 0 fully saturated rings. The zero-order chi connectivity index (χ0) is 25.1. The third kappa shape index (κ3) is 6.26. The Hall–Kier alpha value is -2.21. The number of alkyl halides is 2. The number of aromatic nitrogens is 7. The zero-order valence-corrected chi connectivity index (χ0v) is 21.0. The van der Waals surface area contributed by atoms with Crippen molar-refractivity contribution in [1.82, 2.24) is 34.5 Å². The lowest BCUT2D eigenvalue weighted by Gasteiger charge is -2.29. The number of imidazole rings is 1. The largest absolute Gasteiger partial charge is 0.400 e. The van der Waals surface area contributed by atoms with Gasteiger partial charge in [-0.3, -0.25) is 9.25 Å². The SMILES string of the molecule is CC(C)OP(=O)(OC(C)C)C(F)(F)CCCCn1cc(Cn2cnc3c(Cl)nc(N)nc32)nn1. The van der Waals surface area contributed by atoms with Crippen LogP contribution in [0.5, 0.6) is 0 Å². The van der Waals surface area contributed by atoms with Crippen LogP contribution in [0.2, 0.25) is 5.15 Å². The van der Waals surface area contributed by atoms with E-state index in [2.05, 4.69) is 25.3 Å². The number of anilines is 1. The highest BCUT2D eigenvalue weighted by molar-refractivity contribution is 7.55. The monoisotopic (exact) mass is 520 g/mol. The number of hydrogen-bond donors (Lipinski definition) is 1. The Morgan fingerprint density at radius 3 is 2.50 bits per heavy atom. The van der Waals surface area contributed by atoms with Gasteiger partial charge in [0, 0.05) is 13.0 Å². The number of aryl methyl sites for hydroxylation is 1. The van der Waals surface area contributed by atoms with E-state index in [1.54, 1.807) is 21.8 Å². The second-order valence-corrected chi connectivity index (χ2v) is 10.7. The summed E-state index contributed by atoms with van der Waals surface area (Å²) in [7, 11) is -4.61. The summed E-state index contributed by atoms with van der Waals surface area (Å²) in [5, 5.41) is 8.29. The number of halogens is 3. The fourth-order valence-electron chi connectivity index (χ4n) is 3.22. The van der Waals surface area contributed by atoms with E-state index in [-0.39, 0.29) is 17.5 Å². The summed E-state index contributed by atoms with van der Waals surface area (Å²) in [6, 6.07) is 0. The third-order valence-corrected chi connectivity index (χ3v) is 7.26. The van der Waals surface area contributed by atoms with Crippen molar-refractivity contribution in [3.05, 3.63) is 23.4 Å². The molecule has 0 aliphatic heterocycles. The minimum Gasteiger partial charge on any atom is -0.368 e. The van der Waals surface area contributed by atoms with E-state index in [1.807, 2.05) is 0 Å². The first kappa shape index (κ1) is 26.4. The number of nitrogen functional groups attached to an aromatic ring is 1. The predicted molar refractivity (Wildman–Crippen MR) is 123 cm³/mol. The van der Waals surface area contributed by atoms with E-state index in [9.17, 15) is 13.3 Å². The molecular weight excluding hydrogens is 493 g/mol. The van der Waals surface area contributed by atoms with Gasteiger partial charge in [0.2, 0.25) is 5.95 Å². The number of nitrogens with two attached hydrogens (primary N) is 1. The maximum atomic E-state index is 14.7. The van der Waals surface area contributed by atoms with E-state index in [0.29, 0.717) is 36.4 Å². The molecule has 188 valence electrons. The van der Waals surface area contributed by atoms with Gasteiger partial charge in [0.1, 0.15) is 11.2 Å². The Bertz CT molecular complexity index is 1160. The number of fused-ring (bicyclic) bond motifs is 1. The highest BCUT2D eigenvalue weighted by atomic mass is 35.5. The van der Waals surface area contributed by atoms with Crippen LogP contribution in [0.3, 0.4) is 0 Å². The van der Waals surface area contributed by atoms with Crippen LogP contribution >= 0.6 is 19.2 Å². The van der Waals surface area contributed by atoms with Gasteiger partial charge < -0.3 is 19.3 Å². The Balaban J connectivity index is 1.57. The lowest BCUT2D eigenvalue weighted by atomic mass is 10.2. The maximum absolute atomic E-state index is 14.7. The summed E-state index contributed by atoms with van der Waals surface area (Å²) in [5.74, 6) is 0.0295. The zero-order valence-electron chi connectivity index (χ0n) is 19.4. The normalized spacial score (nSPS) is 13.0. The number of hydrogen-bond acceptors (Lipinski definition) is 9. The molecule has 3 heterocycles. The third-order valence-electron chi connectivity index (χ3n) is 4.57. The summed E-state index contributed by atoms with van der Waals surface area (Å²) in [4.78, 5) is 12.2. The van der Waals surface area contributed by atoms with Gasteiger partial charge in [-0.1, -0.05) is 16.8 Å². The lowest BCUT2D eigenvalue weighted by molar-refractivity contribution is 0.0121. The number of unbranched alkanes of at least 4 members (excludes halogenated alkanes) is 1. The molecule has 0 aromatic carbocycles. The minimum absolute atomic E-state index is 0.0295. The average Bonchev–Trinajstić information content (AvgIpc) is 3.31. The first-order valence-electron chi connectivity index (χ1n) is 10.8. The Kier molecular flexibility index (Phi) is 8.22. The summed E-state index contributed by atoms with van der Waals surface area (Å²) in [6.07, 6.45) is 1.76. The van der Waals surface area contributed by atoms with Crippen LogP contribution in [-0.2, 0) is 26.7 Å². The standard InChI is InChI=1S/C19H28ClF2N8O3P/c1-12(2)32-34(31,33-13(3)4)19(21,22)7-5-6-8-30-10-14(27-28-30)9-29-11-24-15-16(20)25-18(23)26-17(15)29/h10-13H,5-9H2,1-4H3,(H2,23,25,26). The summed E-state index contributed by atoms with van der Waals surface area (Å²) in [6.45, 7) is 6.82. The maximum Gasteiger partial charge on any atom is 0.400 e. The fraction of sp³-hybridized carbons (Fsp3) is 0.632. The van der Waals surface area contributed by atoms with Crippen molar-refractivity contribution in [3.8, 4) is 0 Å². The molecule has 0 radical (unpaired) electrons. The molecule has 15 heteroatoms. The van der Waals surface area contributed by atoms with Crippen molar-refractivity contribution < 1.29 is 22.4 Å². The van der Waals surface area contributed by atoms with Gasteiger partial charge in [0.25, 0.3) is 0 Å². The lowest BCUT2D eigenvalue weighted by Crippen LogP contribution is -2.24. The summed E-state index contributed by atoms with van der Waals surface area (Å²) in [5.41, 5.74) is 3.56. The molecule has 0 bridgehead atoms. The van der Waals surface area contributed by atoms with Crippen molar-refractivity contribution >= 4 is 36.3 Å². The Morgan fingerprint density at radius 1 is 1.18 bits per heavy atom. The van der Waals surface area contributed by atoms with Crippen molar-refractivity contribution in [2.75, 3.05) is 5.73 Å². The van der Waals surface area contributed by atoms with Crippen LogP contribution in [0.4, 0.5) is 14.7 Å². The van der Waals surface area contributed by atoms with Crippen LogP contribution in [0.15, 0.2) is 12.5 Å². The number of rotatable bonds is 12. The van der Waals surface area contributed by atoms with E-state index >= 15 is 0 Å². The average molecular weight is 521 g/mol. The van der Waals surface area contributed by atoms with Crippen molar-refractivity contribution in [2.45, 2.75) is 77.9 Å². The summed E-state index contributed by atoms with van der Waals surface area (Å²) >= 11 is 6.04. The van der Waals surface area contributed by atoms with Gasteiger partial charge in [-0.2, -0.15) is 18.7 Å². The van der Waals surface area contributed by atoms with Gasteiger partial charge in [0.15, 0.2) is 10.8 Å². The van der Waals surface area contributed by atoms with Crippen LogP contribution < -0.4 is 5.73 Å². The van der Waals surface area contributed by atoms with Gasteiger partial charge in [-0.25, -0.2) is 4.98 Å². The van der Waals surface area contributed by atoms with Crippen LogP contribution in [-0.4, -0.2) is 52.4 Å². The molecule has 0 saturated heterocycles. The predicted octanol–water partition coefficient (Wildman–Crippen LogP) is 4.51. The molecule has 0 spiro atoms. The van der Waals surface area contributed by atoms with Gasteiger partial charge in [-0.15, -0.1) is 5.10 Å². The smallest absolute Gasteiger partial charge is 0.368 e. The first-order valence-corrected chi connectivity index (χ1v) is 12.7. The molecular formula is C19H28ClF2N8O3P. The molecule has 0 aliphatic carbocycles. The quantitative estimate of drug-likeness (QED) is 0.208. The van der Waals surface area contributed by atoms with E-state index in [1.165, 1.54) is 27.7 Å². The summed E-state index contributed by atoms with van der Waals surface area (Å²) < 4.78 is 55.6. The van der Waals surface area contributed by atoms with Crippen molar-refractivity contribution in [3.63, 3.8) is 0 Å². The molecule has 0 aliphatic rings. The molecule has 2 N–H and O–H groups in total. The first-order chi connectivity index (χ1) is 15.9. The van der Waals surface area contributed by atoms with E-state index < -0.39 is 31.9 Å². The minimum atomic E-state index is -4.61. The van der Waals surface area contributed by atoms with Gasteiger partial charge in [-0.05, 0) is 40.5 Å². The highest BCUT2D eigenvalue weighted by Crippen LogP contribution is 2.65. The highest BCUT2D eigenvalue weighted by Gasteiger charge is 2.53. The molecule has 0 saturated carbocycles. The van der Waals surface area contributed by atoms with Gasteiger partial charge >= 0.3 is 13.3 Å². The topological polar surface area (TPSA) is 136 Å². The molecule has 3 aromatic rings. The Morgan fingerprint density at radius 2 is 1.85 bits per heavy atom. The van der Waals surface area contributed by atoms with Crippen LogP contribution in [0, 0.1) is 0 Å². The van der Waals surface area contributed by atoms with E-state index in [0.717, 1.165) is 0 Å². The molecule has 11 nitrogen and oxygen atoms in total. The molecule has 0 atom stereocenters. The van der Waals surface area contributed by atoms with Crippen molar-refractivity contribution in [2.24, 2.45) is 0 Å². The molecule has 3 rings (SSSR count). The second-order valence-electron chi connectivity index (χ2n) is 8.32. The molecule has 34 heavy (non-hydrogen) atoms.